The van der Waals surface area contributed by atoms with Crippen molar-refractivity contribution in [1.82, 2.24) is 0 Å². The molecule has 1 heterocycles. The van der Waals surface area contributed by atoms with E-state index in [1.165, 1.54) is 4.90 Å². The van der Waals surface area contributed by atoms with Gasteiger partial charge in [0.15, 0.2) is 0 Å². The van der Waals surface area contributed by atoms with Crippen LogP contribution in [0.3, 0.4) is 0 Å². The van der Waals surface area contributed by atoms with E-state index in [0.29, 0.717) is 17.0 Å². The molecule has 34 heavy (non-hydrogen) atoms. The predicted octanol–water partition coefficient (Wildman–Crippen LogP) is 5.00. The van der Waals surface area contributed by atoms with Crippen LogP contribution < -0.4 is 14.5 Å². The molecule has 0 aromatic heterocycles. The number of carbonyl (C=O) groups excluding carboxylic acids is 2. The molecule has 3 aromatic carbocycles. The van der Waals surface area contributed by atoms with Crippen molar-refractivity contribution in [3.63, 3.8) is 0 Å². The highest BCUT2D eigenvalue weighted by Crippen LogP contribution is 2.43. The van der Waals surface area contributed by atoms with Crippen LogP contribution in [-0.2, 0) is 9.59 Å². The molecule has 0 radical (unpaired) electrons. The standard InChI is InChI=1S/C28H28N2O4/c1-17-8-6-7-9-22(17)25-24(26(31)19-10-15-23(34-5)18(2)16-19)27(32)28(33)30(25)21-13-11-20(12-14-21)29(3)4/h6-16,25,31H,1-5H3/b26-24+. The van der Waals surface area contributed by atoms with E-state index in [4.69, 9.17) is 4.74 Å². The SMILES string of the molecule is COc1ccc(/C(O)=C2\C(=O)C(=O)N(c3ccc(N(C)C)cc3)C2c2ccccc2C)cc1C. The number of aliphatic hydroxyl groups is 1. The van der Waals surface area contributed by atoms with Gasteiger partial charge < -0.3 is 14.7 Å². The molecule has 6 heteroatoms. The summed E-state index contributed by atoms with van der Waals surface area (Å²) in [4.78, 5) is 30.1. The quantitative estimate of drug-likeness (QED) is 0.332. The number of carbonyl (C=O) groups is 2. The number of rotatable bonds is 5. The van der Waals surface area contributed by atoms with Crippen molar-refractivity contribution in [1.29, 1.82) is 0 Å². The minimum absolute atomic E-state index is 0.0700. The van der Waals surface area contributed by atoms with Crippen LogP contribution in [0.1, 0.15) is 28.3 Å². The van der Waals surface area contributed by atoms with Gasteiger partial charge in [-0.1, -0.05) is 24.3 Å². The third-order valence-electron chi connectivity index (χ3n) is 6.24. The lowest BCUT2D eigenvalue weighted by Gasteiger charge is -2.27. The fourth-order valence-corrected chi connectivity index (χ4v) is 4.38. The Balaban J connectivity index is 1.93. The number of hydrogen-bond acceptors (Lipinski definition) is 5. The molecule has 1 aliphatic heterocycles. The van der Waals surface area contributed by atoms with Crippen molar-refractivity contribution in [2.24, 2.45) is 0 Å². The molecule has 174 valence electrons. The Labute approximate surface area is 199 Å². The van der Waals surface area contributed by atoms with Gasteiger partial charge in [0.05, 0.1) is 18.7 Å². The molecule has 1 atom stereocenters. The summed E-state index contributed by atoms with van der Waals surface area (Å²) in [7, 11) is 5.45. The van der Waals surface area contributed by atoms with Crippen LogP contribution in [0, 0.1) is 13.8 Å². The molecule has 0 saturated carbocycles. The van der Waals surface area contributed by atoms with E-state index in [0.717, 1.165) is 22.4 Å². The Kier molecular flexibility index (Phi) is 6.16. The molecule has 1 N–H and O–H groups in total. The van der Waals surface area contributed by atoms with Crippen LogP contribution in [0.5, 0.6) is 5.75 Å². The van der Waals surface area contributed by atoms with E-state index in [1.807, 2.05) is 81.4 Å². The highest BCUT2D eigenvalue weighted by Gasteiger charge is 2.47. The highest BCUT2D eigenvalue weighted by atomic mass is 16.5. The molecular formula is C28H28N2O4. The average Bonchev–Trinajstić information content (AvgIpc) is 3.09. The van der Waals surface area contributed by atoms with Crippen molar-refractivity contribution in [3.8, 4) is 5.75 Å². The Bertz CT molecular complexity index is 1290. The number of aryl methyl sites for hydroxylation is 2. The summed E-state index contributed by atoms with van der Waals surface area (Å²) >= 11 is 0. The summed E-state index contributed by atoms with van der Waals surface area (Å²) in [5, 5.41) is 11.3. The summed E-state index contributed by atoms with van der Waals surface area (Å²) in [6, 6.07) is 19.5. The molecule has 1 amide bonds. The van der Waals surface area contributed by atoms with Crippen LogP contribution in [0.15, 0.2) is 72.3 Å². The Morgan fingerprint density at radius 2 is 1.62 bits per heavy atom. The summed E-state index contributed by atoms with van der Waals surface area (Å²) < 4.78 is 5.32. The van der Waals surface area contributed by atoms with Crippen molar-refractivity contribution >= 4 is 28.8 Å². The first-order valence-electron chi connectivity index (χ1n) is 11.0. The number of ketones is 1. The minimum atomic E-state index is -0.756. The second-order valence-electron chi connectivity index (χ2n) is 8.62. The van der Waals surface area contributed by atoms with Crippen LogP contribution in [0.25, 0.3) is 5.76 Å². The third kappa shape index (κ3) is 3.92. The number of Topliss-reactive ketones (excluding diaryl/α,β-unsaturated/α-hetero) is 1. The second-order valence-corrected chi connectivity index (χ2v) is 8.62. The van der Waals surface area contributed by atoms with Gasteiger partial charge in [0.1, 0.15) is 11.5 Å². The second kappa shape index (κ2) is 9.06. The first-order valence-corrected chi connectivity index (χ1v) is 11.0. The predicted molar refractivity (Wildman–Crippen MR) is 134 cm³/mol. The number of ether oxygens (including phenoxy) is 1. The Morgan fingerprint density at radius 3 is 2.21 bits per heavy atom. The molecule has 1 saturated heterocycles. The normalized spacial score (nSPS) is 17.2. The van der Waals surface area contributed by atoms with Crippen LogP contribution >= 0.6 is 0 Å². The molecular weight excluding hydrogens is 428 g/mol. The lowest BCUT2D eigenvalue weighted by Crippen LogP contribution is -2.29. The van der Waals surface area contributed by atoms with Crippen LogP contribution in [0.4, 0.5) is 11.4 Å². The largest absolute Gasteiger partial charge is 0.507 e. The van der Waals surface area contributed by atoms with Gasteiger partial charge in [0.25, 0.3) is 11.7 Å². The van der Waals surface area contributed by atoms with Gasteiger partial charge in [-0.05, 0) is 73.0 Å². The topological polar surface area (TPSA) is 70.1 Å². The van der Waals surface area contributed by atoms with Crippen molar-refractivity contribution in [2.45, 2.75) is 19.9 Å². The Hall–Kier alpha value is -4.06. The monoisotopic (exact) mass is 456 g/mol. The first-order chi connectivity index (χ1) is 16.2. The minimum Gasteiger partial charge on any atom is -0.507 e. The van der Waals surface area contributed by atoms with Crippen molar-refractivity contribution < 1.29 is 19.4 Å². The number of nitrogens with zero attached hydrogens (tertiary/aromatic N) is 2. The smallest absolute Gasteiger partial charge is 0.300 e. The zero-order valence-corrected chi connectivity index (χ0v) is 20.0. The van der Waals surface area contributed by atoms with Gasteiger partial charge in [0, 0.05) is 31.0 Å². The van der Waals surface area contributed by atoms with Gasteiger partial charge in [-0.25, -0.2) is 0 Å². The van der Waals surface area contributed by atoms with E-state index < -0.39 is 17.7 Å². The van der Waals surface area contributed by atoms with Gasteiger partial charge >= 0.3 is 0 Å². The average molecular weight is 457 g/mol. The zero-order valence-electron chi connectivity index (χ0n) is 20.0. The maximum atomic E-state index is 13.3. The van der Waals surface area contributed by atoms with Gasteiger partial charge in [-0.3, -0.25) is 14.5 Å². The van der Waals surface area contributed by atoms with E-state index in [-0.39, 0.29) is 11.3 Å². The van der Waals surface area contributed by atoms with E-state index in [1.54, 1.807) is 25.3 Å². The molecule has 1 fully saturated rings. The molecule has 4 rings (SSSR count). The van der Waals surface area contributed by atoms with Gasteiger partial charge in [-0.15, -0.1) is 0 Å². The van der Waals surface area contributed by atoms with Crippen LogP contribution in [-0.4, -0.2) is 38.0 Å². The molecule has 0 aliphatic carbocycles. The van der Waals surface area contributed by atoms with E-state index in [9.17, 15) is 14.7 Å². The fourth-order valence-electron chi connectivity index (χ4n) is 4.38. The molecule has 0 spiro atoms. The summed E-state index contributed by atoms with van der Waals surface area (Å²) in [5.41, 5.74) is 4.60. The summed E-state index contributed by atoms with van der Waals surface area (Å²) in [5.74, 6) is -0.910. The lowest BCUT2D eigenvalue weighted by atomic mass is 9.92. The van der Waals surface area contributed by atoms with E-state index in [2.05, 4.69) is 0 Å². The molecule has 3 aromatic rings. The molecule has 1 aliphatic rings. The Morgan fingerprint density at radius 1 is 0.941 bits per heavy atom. The van der Waals surface area contributed by atoms with Crippen molar-refractivity contribution in [3.05, 3.63) is 94.6 Å². The lowest BCUT2D eigenvalue weighted by molar-refractivity contribution is -0.132. The van der Waals surface area contributed by atoms with Crippen LogP contribution in [0.2, 0.25) is 0 Å². The number of anilines is 2. The summed E-state index contributed by atoms with van der Waals surface area (Å²) in [6.07, 6.45) is 0. The highest BCUT2D eigenvalue weighted by molar-refractivity contribution is 6.51. The number of hydrogen-bond donors (Lipinski definition) is 1. The van der Waals surface area contributed by atoms with Crippen molar-refractivity contribution in [2.75, 3.05) is 31.0 Å². The zero-order chi connectivity index (χ0) is 24.6. The number of aliphatic hydroxyl groups excluding tert-OH is 1. The number of amides is 1. The first kappa shape index (κ1) is 23.1. The maximum absolute atomic E-state index is 13.3. The maximum Gasteiger partial charge on any atom is 0.300 e. The molecule has 6 nitrogen and oxygen atoms in total. The third-order valence-corrected chi connectivity index (χ3v) is 6.24. The van der Waals surface area contributed by atoms with Gasteiger partial charge in [-0.2, -0.15) is 0 Å². The number of methoxy groups -OCH3 is 1. The molecule has 1 unspecified atom stereocenters. The summed E-state index contributed by atoms with van der Waals surface area (Å²) in [6.45, 7) is 3.79. The van der Waals surface area contributed by atoms with E-state index >= 15 is 0 Å². The number of benzene rings is 3. The van der Waals surface area contributed by atoms with Gasteiger partial charge in [0.2, 0.25) is 0 Å². The fraction of sp³-hybridized carbons (Fsp3) is 0.214. The molecule has 0 bridgehead atoms.